The molecule has 0 saturated heterocycles. The van der Waals surface area contributed by atoms with Crippen molar-refractivity contribution in [1.82, 2.24) is 15.0 Å². The highest BCUT2D eigenvalue weighted by atomic mass is 16.5. The number of fused-ring (bicyclic) bond motifs is 3. The fourth-order valence-electron chi connectivity index (χ4n) is 6.38. The summed E-state index contributed by atoms with van der Waals surface area (Å²) in [5.74, 6) is 2.10. The first kappa shape index (κ1) is 35.1. The Morgan fingerprint density at radius 2 is 1.25 bits per heavy atom. The molecule has 0 aliphatic heterocycles. The van der Waals surface area contributed by atoms with Crippen molar-refractivity contribution < 1.29 is 14.6 Å². The van der Waals surface area contributed by atoms with Gasteiger partial charge in [-0.15, -0.1) is 0 Å². The highest BCUT2D eigenvalue weighted by molar-refractivity contribution is 6.13. The van der Waals surface area contributed by atoms with Gasteiger partial charge in [-0.2, -0.15) is 9.97 Å². The monoisotopic (exact) mass is 647 g/mol. The van der Waals surface area contributed by atoms with Gasteiger partial charge in [-0.05, 0) is 58.5 Å². The van der Waals surface area contributed by atoms with Gasteiger partial charge in [0.25, 0.3) is 0 Å². The summed E-state index contributed by atoms with van der Waals surface area (Å²) >= 11 is 0. The molecule has 6 nitrogen and oxygen atoms in total. The fraction of sp³-hybridized carbons (Fsp3) is 0.452. The molecule has 6 heteroatoms. The summed E-state index contributed by atoms with van der Waals surface area (Å²) in [5.41, 5.74) is 1.42. The first-order chi connectivity index (χ1) is 23.6. The number of nitrogens with zero attached hydrogens (tertiary/aromatic N) is 3. The van der Waals surface area contributed by atoms with Crippen LogP contribution < -0.4 is 9.47 Å². The van der Waals surface area contributed by atoms with Gasteiger partial charge in [0.15, 0.2) is 11.6 Å². The maximum atomic E-state index is 11.2. The highest BCUT2D eigenvalue weighted by Gasteiger charge is 2.18. The van der Waals surface area contributed by atoms with Gasteiger partial charge in [0.2, 0.25) is 0 Å². The minimum absolute atomic E-state index is 0.0690. The fourth-order valence-corrected chi connectivity index (χ4v) is 6.38. The minimum Gasteiger partial charge on any atom is -0.507 e. The predicted octanol–water partition coefficient (Wildman–Crippen LogP) is 11.7. The largest absolute Gasteiger partial charge is 0.507 e. The lowest BCUT2D eigenvalue weighted by Gasteiger charge is -2.16. The number of benzene rings is 4. The number of phenolic OH excluding ortho intramolecular Hbond substituents is 1. The minimum atomic E-state index is 0.0690. The van der Waals surface area contributed by atoms with Crippen LogP contribution in [-0.2, 0) is 0 Å². The van der Waals surface area contributed by atoms with Crippen LogP contribution in [0.4, 0.5) is 0 Å². The van der Waals surface area contributed by atoms with E-state index in [9.17, 15) is 5.11 Å². The molecule has 254 valence electrons. The Balaban J connectivity index is 1.40. The summed E-state index contributed by atoms with van der Waals surface area (Å²) in [6.45, 7) is 7.85. The molecule has 0 aliphatic rings. The van der Waals surface area contributed by atoms with Crippen LogP contribution in [0.2, 0.25) is 0 Å². The van der Waals surface area contributed by atoms with Crippen molar-refractivity contribution >= 4 is 21.5 Å². The molecule has 0 aliphatic carbocycles. The van der Waals surface area contributed by atoms with Crippen molar-refractivity contribution in [2.24, 2.45) is 5.92 Å². The molecule has 1 aromatic heterocycles. The number of rotatable bonds is 20. The van der Waals surface area contributed by atoms with Gasteiger partial charge in [0.1, 0.15) is 11.5 Å². The van der Waals surface area contributed by atoms with Crippen molar-refractivity contribution in [3.63, 3.8) is 0 Å². The summed E-state index contributed by atoms with van der Waals surface area (Å²) in [6, 6.07) is 24.5. The summed E-state index contributed by atoms with van der Waals surface area (Å²) in [7, 11) is 0. The van der Waals surface area contributed by atoms with Crippen molar-refractivity contribution in [3.8, 4) is 40.3 Å². The van der Waals surface area contributed by atoms with E-state index in [1.165, 1.54) is 63.2 Å². The third-order valence-electron chi connectivity index (χ3n) is 9.34. The van der Waals surface area contributed by atoms with E-state index in [1.807, 2.05) is 24.3 Å². The van der Waals surface area contributed by atoms with Gasteiger partial charge in [-0.25, -0.2) is 4.98 Å². The average Bonchev–Trinajstić information content (AvgIpc) is 3.12. The lowest BCUT2D eigenvalue weighted by molar-refractivity contribution is 0.232. The van der Waals surface area contributed by atoms with E-state index in [0.29, 0.717) is 42.1 Å². The Labute approximate surface area is 287 Å². The third-order valence-corrected chi connectivity index (χ3v) is 9.34. The Morgan fingerprint density at radius 3 is 1.96 bits per heavy atom. The molecule has 1 heterocycles. The van der Waals surface area contributed by atoms with Crippen LogP contribution in [-0.4, -0.2) is 33.3 Å². The number of unbranched alkanes of at least 4 members (excludes halogenated alkanes) is 9. The van der Waals surface area contributed by atoms with Gasteiger partial charge in [0.05, 0.1) is 18.8 Å². The maximum Gasteiger partial charge on any atom is 0.320 e. The summed E-state index contributed by atoms with van der Waals surface area (Å²) in [6.07, 6.45) is 15.8. The van der Waals surface area contributed by atoms with Crippen LogP contribution in [0.15, 0.2) is 72.8 Å². The van der Waals surface area contributed by atoms with E-state index >= 15 is 0 Å². The number of phenols is 1. The summed E-state index contributed by atoms with van der Waals surface area (Å²) in [4.78, 5) is 14.5. The molecule has 0 bridgehead atoms. The van der Waals surface area contributed by atoms with E-state index < -0.39 is 0 Å². The van der Waals surface area contributed by atoms with Gasteiger partial charge in [-0.1, -0.05) is 140 Å². The van der Waals surface area contributed by atoms with Crippen LogP contribution >= 0.6 is 0 Å². The second-order valence-electron chi connectivity index (χ2n) is 13.0. The molecule has 1 unspecified atom stereocenters. The first-order valence-corrected chi connectivity index (χ1v) is 18.4. The zero-order valence-corrected chi connectivity index (χ0v) is 29.2. The molecule has 5 aromatic rings. The summed E-state index contributed by atoms with van der Waals surface area (Å²) < 4.78 is 12.3. The summed E-state index contributed by atoms with van der Waals surface area (Å²) in [5, 5.41) is 15.7. The second kappa shape index (κ2) is 18.4. The molecule has 0 fully saturated rings. The van der Waals surface area contributed by atoms with Gasteiger partial charge < -0.3 is 14.6 Å². The number of aromatic nitrogens is 3. The number of aromatic hydroxyl groups is 1. The van der Waals surface area contributed by atoms with Gasteiger partial charge in [-0.3, -0.25) is 0 Å². The maximum absolute atomic E-state index is 11.2. The Morgan fingerprint density at radius 1 is 0.604 bits per heavy atom. The van der Waals surface area contributed by atoms with Crippen LogP contribution in [0.5, 0.6) is 17.5 Å². The van der Waals surface area contributed by atoms with Crippen molar-refractivity contribution in [3.05, 3.63) is 72.8 Å². The predicted molar refractivity (Wildman–Crippen MR) is 199 cm³/mol. The highest BCUT2D eigenvalue weighted by Crippen LogP contribution is 2.36. The van der Waals surface area contributed by atoms with Crippen LogP contribution in [0.3, 0.4) is 0 Å². The van der Waals surface area contributed by atoms with Crippen molar-refractivity contribution in [2.75, 3.05) is 13.2 Å². The Bertz CT molecular complexity index is 1740. The molecule has 5 rings (SSSR count). The Kier molecular flexibility index (Phi) is 13.4. The SMILES string of the molecule is CCCCCCCCCCCOc1nc(-c2ccc(OCC(CC)CCCC)cc2O)nc(-c2cc3ccccc3c3ccccc23)n1. The second-order valence-corrected chi connectivity index (χ2v) is 13.0. The van der Waals surface area contributed by atoms with E-state index in [-0.39, 0.29) is 11.8 Å². The molecule has 4 aromatic carbocycles. The van der Waals surface area contributed by atoms with E-state index in [1.54, 1.807) is 6.07 Å². The number of ether oxygens (including phenoxy) is 2. The van der Waals surface area contributed by atoms with Gasteiger partial charge >= 0.3 is 6.01 Å². The van der Waals surface area contributed by atoms with Crippen LogP contribution in [0, 0.1) is 5.92 Å². The number of hydrogen-bond acceptors (Lipinski definition) is 6. The van der Waals surface area contributed by atoms with E-state index in [4.69, 9.17) is 24.4 Å². The molecule has 1 N–H and O–H groups in total. The van der Waals surface area contributed by atoms with Crippen molar-refractivity contribution in [1.29, 1.82) is 0 Å². The molecule has 0 saturated carbocycles. The van der Waals surface area contributed by atoms with Crippen LogP contribution in [0.1, 0.15) is 104 Å². The molecular weight excluding hydrogens is 594 g/mol. The quantitative estimate of drug-likeness (QED) is 0.0669. The third kappa shape index (κ3) is 9.46. The molecule has 0 spiro atoms. The number of hydrogen-bond donors (Lipinski definition) is 1. The van der Waals surface area contributed by atoms with Gasteiger partial charge in [0, 0.05) is 11.6 Å². The molecule has 48 heavy (non-hydrogen) atoms. The molecular formula is C42H53N3O3. The molecule has 0 radical (unpaired) electrons. The zero-order valence-electron chi connectivity index (χ0n) is 29.2. The van der Waals surface area contributed by atoms with E-state index in [2.05, 4.69) is 63.2 Å². The smallest absolute Gasteiger partial charge is 0.320 e. The molecule has 0 amide bonds. The topological polar surface area (TPSA) is 77.4 Å². The van der Waals surface area contributed by atoms with Crippen LogP contribution in [0.25, 0.3) is 44.3 Å². The van der Waals surface area contributed by atoms with E-state index in [0.717, 1.165) is 47.4 Å². The zero-order chi connectivity index (χ0) is 33.6. The lowest BCUT2D eigenvalue weighted by Crippen LogP contribution is -2.11. The molecule has 1 atom stereocenters. The first-order valence-electron chi connectivity index (χ1n) is 18.4. The average molecular weight is 648 g/mol. The standard InChI is InChI=1S/C42H53N3O3/c1-4-7-9-10-11-12-13-14-19-27-47-42-44-40(37-26-25-33(29-39(37)46)48-30-31(6-3)20-8-5-2)43-41(45-42)38-28-32-21-15-16-22-34(32)35-23-17-18-24-36(35)38/h15-18,21-26,28-29,31,46H,4-14,19-20,27,30H2,1-3H3. The lowest BCUT2D eigenvalue weighted by atomic mass is 9.97. The van der Waals surface area contributed by atoms with Crippen molar-refractivity contribution in [2.45, 2.75) is 104 Å². The Hall–Kier alpha value is -4.19. The normalized spacial score (nSPS) is 12.1.